The van der Waals surface area contributed by atoms with E-state index in [0.29, 0.717) is 20.6 Å². The molecule has 0 bridgehead atoms. The van der Waals surface area contributed by atoms with Crippen LogP contribution in [0.25, 0.3) is 0 Å². The van der Waals surface area contributed by atoms with Gasteiger partial charge in [0, 0.05) is 19.4 Å². The molecule has 1 aromatic heterocycles. The number of hydrogen-bond donors (Lipinski definition) is 0. The van der Waals surface area contributed by atoms with E-state index in [1.54, 1.807) is 44.5 Å². The Labute approximate surface area is 169 Å². The minimum Gasteiger partial charge on any atom is -0.611 e. The van der Waals surface area contributed by atoms with Crippen LogP contribution in [0, 0.1) is 6.92 Å². The lowest BCUT2D eigenvalue weighted by Gasteiger charge is -2.18. The first-order chi connectivity index (χ1) is 13.3. The maximum atomic E-state index is 14.0. The van der Waals surface area contributed by atoms with E-state index >= 15 is 0 Å². The van der Waals surface area contributed by atoms with Gasteiger partial charge in [-0.1, -0.05) is 24.3 Å². The van der Waals surface area contributed by atoms with Crippen LogP contribution in [0.3, 0.4) is 0 Å². The minimum absolute atomic E-state index is 0.00782. The second-order valence-electron chi connectivity index (χ2n) is 6.62. The normalized spacial score (nSPS) is 17.7. The summed E-state index contributed by atoms with van der Waals surface area (Å²) in [7, 11) is 1.63. The number of benzene rings is 1. The fraction of sp³-hybridized carbons (Fsp3) is 0.300. The lowest BCUT2D eigenvalue weighted by molar-refractivity contribution is -0.117. The highest BCUT2D eigenvalue weighted by molar-refractivity contribution is 7.92. The quantitative estimate of drug-likeness (QED) is 0.663. The zero-order valence-electron chi connectivity index (χ0n) is 15.7. The van der Waals surface area contributed by atoms with Crippen LogP contribution in [-0.2, 0) is 22.4 Å². The highest BCUT2D eigenvalue weighted by atomic mass is 32.2. The molecule has 0 radical (unpaired) electrons. The topological polar surface area (TPSA) is 56.3 Å². The average molecular weight is 423 g/mol. The molecule has 0 spiro atoms. The van der Waals surface area contributed by atoms with Gasteiger partial charge in [0.2, 0.25) is 10.1 Å². The van der Waals surface area contributed by atoms with Crippen LogP contribution in [-0.4, -0.2) is 28.7 Å². The first kappa shape index (κ1) is 20.7. The molecule has 0 aliphatic heterocycles. The SMILES string of the molecule is Cc1nc(N(C)C(=O)Cc2ccc(C3CC(F)=CC=C3F)cc2)sc1[S+](C)[O-]. The summed E-state index contributed by atoms with van der Waals surface area (Å²) >= 11 is 0.0953. The van der Waals surface area contributed by atoms with Crippen molar-refractivity contribution in [1.82, 2.24) is 4.98 Å². The van der Waals surface area contributed by atoms with Crippen molar-refractivity contribution in [3.05, 3.63) is 64.9 Å². The zero-order valence-corrected chi connectivity index (χ0v) is 17.4. The average Bonchev–Trinajstić information content (AvgIpc) is 3.05. The van der Waals surface area contributed by atoms with Crippen LogP contribution in [0.15, 0.2) is 52.3 Å². The van der Waals surface area contributed by atoms with E-state index in [-0.39, 0.29) is 30.4 Å². The third-order valence-electron chi connectivity index (χ3n) is 4.56. The third kappa shape index (κ3) is 4.51. The van der Waals surface area contributed by atoms with Gasteiger partial charge in [-0.15, -0.1) is 0 Å². The molecule has 0 fully saturated rings. The number of anilines is 1. The molecule has 0 saturated carbocycles. The first-order valence-corrected chi connectivity index (χ1v) is 11.0. The van der Waals surface area contributed by atoms with E-state index < -0.39 is 17.1 Å². The van der Waals surface area contributed by atoms with Gasteiger partial charge in [-0.05, 0) is 52.7 Å². The lowest BCUT2D eigenvalue weighted by atomic mass is 9.90. The number of aromatic nitrogens is 1. The van der Waals surface area contributed by atoms with E-state index in [4.69, 9.17) is 0 Å². The molecule has 0 saturated heterocycles. The summed E-state index contributed by atoms with van der Waals surface area (Å²) in [5, 5.41) is 0.501. The summed E-state index contributed by atoms with van der Waals surface area (Å²) in [6, 6.07) is 6.96. The Morgan fingerprint density at radius 1 is 1.32 bits per heavy atom. The summed E-state index contributed by atoms with van der Waals surface area (Å²) in [5.41, 5.74) is 2.10. The molecule has 1 heterocycles. The predicted octanol–water partition coefficient (Wildman–Crippen LogP) is 4.59. The van der Waals surface area contributed by atoms with Gasteiger partial charge in [-0.3, -0.25) is 9.69 Å². The fourth-order valence-electron chi connectivity index (χ4n) is 2.97. The van der Waals surface area contributed by atoms with Crippen molar-refractivity contribution in [3.63, 3.8) is 0 Å². The Bertz CT molecular complexity index is 936. The maximum absolute atomic E-state index is 14.0. The summed E-state index contributed by atoms with van der Waals surface area (Å²) in [5.74, 6) is -1.50. The number of rotatable bonds is 5. The van der Waals surface area contributed by atoms with Gasteiger partial charge in [-0.25, -0.2) is 13.8 Å². The van der Waals surface area contributed by atoms with Crippen molar-refractivity contribution < 1.29 is 18.1 Å². The number of thiazole rings is 1. The van der Waals surface area contributed by atoms with E-state index in [1.165, 1.54) is 16.2 Å². The highest BCUT2D eigenvalue weighted by Gasteiger charge is 2.23. The van der Waals surface area contributed by atoms with Crippen LogP contribution >= 0.6 is 11.3 Å². The van der Waals surface area contributed by atoms with Crippen LogP contribution < -0.4 is 4.90 Å². The van der Waals surface area contributed by atoms with Crippen molar-refractivity contribution >= 4 is 33.6 Å². The van der Waals surface area contributed by atoms with Gasteiger partial charge in [-0.2, -0.15) is 0 Å². The second-order valence-corrected chi connectivity index (χ2v) is 9.17. The fourth-order valence-corrected chi connectivity index (χ4v) is 4.91. The van der Waals surface area contributed by atoms with Gasteiger partial charge in [0.15, 0.2) is 5.13 Å². The molecule has 1 aromatic carbocycles. The molecule has 1 amide bonds. The van der Waals surface area contributed by atoms with Crippen molar-refractivity contribution in [1.29, 1.82) is 0 Å². The molecule has 2 atom stereocenters. The van der Waals surface area contributed by atoms with Gasteiger partial charge < -0.3 is 4.55 Å². The maximum Gasteiger partial charge on any atom is 0.232 e. The van der Waals surface area contributed by atoms with Crippen molar-refractivity contribution in [2.75, 3.05) is 18.2 Å². The molecule has 0 N–H and O–H groups in total. The van der Waals surface area contributed by atoms with E-state index in [9.17, 15) is 18.1 Å². The van der Waals surface area contributed by atoms with E-state index in [1.807, 2.05) is 0 Å². The Balaban J connectivity index is 1.68. The van der Waals surface area contributed by atoms with E-state index in [0.717, 1.165) is 17.7 Å². The Morgan fingerprint density at radius 3 is 2.61 bits per heavy atom. The molecule has 1 aliphatic rings. The number of amides is 1. The standard InChI is InChI=1S/C20H20F2N2O2S2/c1-12-19(28(3)26)27-20(23-12)24(2)18(25)10-13-4-6-14(7-5-13)16-11-15(21)8-9-17(16)22/h4-9,16H,10-11H2,1-3H3. The second kappa shape index (κ2) is 8.55. The van der Waals surface area contributed by atoms with Crippen LogP contribution in [0.2, 0.25) is 0 Å². The number of allylic oxidation sites excluding steroid dienone is 4. The number of hydrogen-bond acceptors (Lipinski definition) is 4. The van der Waals surface area contributed by atoms with Gasteiger partial charge in [0.05, 0.1) is 6.42 Å². The Hall–Kier alpha value is -2.03. The predicted molar refractivity (Wildman–Crippen MR) is 108 cm³/mol. The lowest BCUT2D eigenvalue weighted by Crippen LogP contribution is -2.27. The van der Waals surface area contributed by atoms with Crippen LogP contribution in [0.1, 0.15) is 29.2 Å². The van der Waals surface area contributed by atoms with Gasteiger partial charge >= 0.3 is 0 Å². The summed E-state index contributed by atoms with van der Waals surface area (Å²) in [6.45, 7) is 1.77. The van der Waals surface area contributed by atoms with Gasteiger partial charge in [0.25, 0.3) is 0 Å². The number of carbonyl (C=O) groups excluding carboxylic acids is 1. The van der Waals surface area contributed by atoms with Crippen molar-refractivity contribution in [2.45, 2.75) is 29.9 Å². The molecule has 2 unspecified atom stereocenters. The monoisotopic (exact) mass is 422 g/mol. The molecule has 4 nitrogen and oxygen atoms in total. The number of likely N-dealkylation sites (N-methyl/N-ethyl adjacent to an activating group) is 1. The van der Waals surface area contributed by atoms with Crippen LogP contribution in [0.4, 0.5) is 13.9 Å². The molecular formula is C20H20F2N2O2S2. The summed E-state index contributed by atoms with van der Waals surface area (Å²) in [6.07, 6.45) is 4.04. The van der Waals surface area contributed by atoms with Crippen molar-refractivity contribution in [2.24, 2.45) is 0 Å². The third-order valence-corrected chi connectivity index (χ3v) is 7.36. The smallest absolute Gasteiger partial charge is 0.232 e. The highest BCUT2D eigenvalue weighted by Crippen LogP contribution is 2.35. The van der Waals surface area contributed by atoms with Crippen LogP contribution in [0.5, 0.6) is 0 Å². The molecular weight excluding hydrogens is 402 g/mol. The Morgan fingerprint density at radius 2 is 2.00 bits per heavy atom. The molecule has 8 heteroatoms. The van der Waals surface area contributed by atoms with E-state index in [2.05, 4.69) is 4.98 Å². The van der Waals surface area contributed by atoms with Gasteiger partial charge in [0.1, 0.15) is 23.6 Å². The molecule has 148 valence electrons. The minimum atomic E-state index is -1.15. The summed E-state index contributed by atoms with van der Waals surface area (Å²) < 4.78 is 39.8. The largest absolute Gasteiger partial charge is 0.611 e. The summed E-state index contributed by atoms with van der Waals surface area (Å²) in [4.78, 5) is 18.4. The molecule has 3 rings (SSSR count). The number of aryl methyl sites for hydroxylation is 1. The Kier molecular flexibility index (Phi) is 6.32. The number of halogens is 2. The van der Waals surface area contributed by atoms with Crippen molar-refractivity contribution in [3.8, 4) is 0 Å². The number of carbonyl (C=O) groups is 1. The number of nitrogens with zero attached hydrogens (tertiary/aromatic N) is 2. The molecule has 1 aliphatic carbocycles. The molecule has 28 heavy (non-hydrogen) atoms. The zero-order chi connectivity index (χ0) is 20.4. The first-order valence-electron chi connectivity index (χ1n) is 8.64. The molecule has 2 aromatic rings.